The van der Waals surface area contributed by atoms with E-state index >= 15 is 0 Å². The number of fused-ring (bicyclic) bond motifs is 1. The quantitative estimate of drug-likeness (QED) is 0.855. The molecule has 0 fully saturated rings. The standard InChI is InChI=1S/C15H15BrN2O2/c1-15(2)10-6-11(16)12(17)7-13(10)18(14(15)19)8-9-4-3-5-20-9/h3-7H,8,17H2,1-2H3. The summed E-state index contributed by atoms with van der Waals surface area (Å²) >= 11 is 3.43. The largest absolute Gasteiger partial charge is 0.467 e. The first kappa shape index (κ1) is 13.2. The average molecular weight is 335 g/mol. The van der Waals surface area contributed by atoms with Crippen LogP contribution in [0.5, 0.6) is 0 Å². The Hall–Kier alpha value is -1.75. The van der Waals surface area contributed by atoms with E-state index in [1.165, 1.54) is 0 Å². The fourth-order valence-corrected chi connectivity index (χ4v) is 2.92. The number of carbonyl (C=O) groups is 1. The van der Waals surface area contributed by atoms with E-state index in [0.29, 0.717) is 12.2 Å². The van der Waals surface area contributed by atoms with Gasteiger partial charge >= 0.3 is 0 Å². The molecule has 104 valence electrons. The third kappa shape index (κ3) is 1.85. The molecular formula is C15H15BrN2O2. The molecule has 3 rings (SSSR count). The molecule has 2 heterocycles. The smallest absolute Gasteiger partial charge is 0.237 e. The monoisotopic (exact) mass is 334 g/mol. The van der Waals surface area contributed by atoms with Gasteiger partial charge < -0.3 is 15.1 Å². The van der Waals surface area contributed by atoms with Gasteiger partial charge in [0.25, 0.3) is 0 Å². The van der Waals surface area contributed by atoms with E-state index in [4.69, 9.17) is 10.2 Å². The van der Waals surface area contributed by atoms with Gasteiger partial charge in [-0.25, -0.2) is 0 Å². The minimum absolute atomic E-state index is 0.0569. The van der Waals surface area contributed by atoms with Gasteiger partial charge in [-0.05, 0) is 59.6 Å². The zero-order valence-electron chi connectivity index (χ0n) is 11.3. The van der Waals surface area contributed by atoms with Crippen molar-refractivity contribution in [2.24, 2.45) is 0 Å². The Morgan fingerprint density at radius 3 is 2.80 bits per heavy atom. The van der Waals surface area contributed by atoms with Crippen molar-refractivity contribution in [2.75, 3.05) is 10.6 Å². The van der Waals surface area contributed by atoms with Crippen LogP contribution in [0.25, 0.3) is 0 Å². The highest BCUT2D eigenvalue weighted by atomic mass is 79.9. The molecular weight excluding hydrogens is 320 g/mol. The van der Waals surface area contributed by atoms with Gasteiger partial charge in [0.2, 0.25) is 5.91 Å². The number of rotatable bonds is 2. The average Bonchev–Trinajstić information content (AvgIpc) is 2.95. The molecule has 5 heteroatoms. The molecule has 0 atom stereocenters. The zero-order chi connectivity index (χ0) is 14.5. The second-order valence-electron chi connectivity index (χ2n) is 5.49. The lowest BCUT2D eigenvalue weighted by Gasteiger charge is -2.19. The Bertz CT molecular complexity index is 677. The fourth-order valence-electron chi connectivity index (χ4n) is 2.58. The number of benzene rings is 1. The molecule has 1 aliphatic heterocycles. The van der Waals surface area contributed by atoms with Gasteiger partial charge in [0.15, 0.2) is 0 Å². The van der Waals surface area contributed by atoms with Crippen LogP contribution in [0.15, 0.2) is 39.4 Å². The first-order valence-electron chi connectivity index (χ1n) is 6.35. The molecule has 1 amide bonds. The number of hydrogen-bond donors (Lipinski definition) is 1. The molecule has 0 unspecified atom stereocenters. The summed E-state index contributed by atoms with van der Waals surface area (Å²) in [6.45, 7) is 4.28. The highest BCUT2D eigenvalue weighted by Crippen LogP contribution is 2.45. The summed E-state index contributed by atoms with van der Waals surface area (Å²) in [6.07, 6.45) is 1.61. The maximum atomic E-state index is 12.7. The van der Waals surface area contributed by atoms with Crippen LogP contribution in [0.3, 0.4) is 0 Å². The number of nitrogens with two attached hydrogens (primary N) is 1. The van der Waals surface area contributed by atoms with Crippen molar-refractivity contribution in [3.63, 3.8) is 0 Å². The maximum Gasteiger partial charge on any atom is 0.237 e. The van der Waals surface area contributed by atoms with E-state index < -0.39 is 5.41 Å². The minimum atomic E-state index is -0.557. The van der Waals surface area contributed by atoms with E-state index in [-0.39, 0.29) is 5.91 Å². The van der Waals surface area contributed by atoms with Crippen LogP contribution in [0.4, 0.5) is 11.4 Å². The number of nitrogen functional groups attached to an aromatic ring is 1. The Morgan fingerprint density at radius 1 is 1.40 bits per heavy atom. The van der Waals surface area contributed by atoms with Gasteiger partial charge in [-0.2, -0.15) is 0 Å². The number of hydrogen-bond acceptors (Lipinski definition) is 3. The second kappa shape index (κ2) is 4.38. The molecule has 0 aliphatic carbocycles. The lowest BCUT2D eigenvalue weighted by molar-refractivity contribution is -0.122. The number of furan rings is 1. The predicted octanol–water partition coefficient (Wildman–Crippen LogP) is 3.45. The van der Waals surface area contributed by atoms with E-state index in [2.05, 4.69) is 15.9 Å². The molecule has 2 N–H and O–H groups in total. The van der Waals surface area contributed by atoms with Gasteiger partial charge in [0.05, 0.1) is 23.9 Å². The lowest BCUT2D eigenvalue weighted by Crippen LogP contribution is -2.35. The van der Waals surface area contributed by atoms with Crippen LogP contribution in [0, 0.1) is 0 Å². The summed E-state index contributed by atoms with van der Waals surface area (Å²) in [5.41, 5.74) is 7.86. The summed E-state index contributed by atoms with van der Waals surface area (Å²) in [5.74, 6) is 0.810. The van der Waals surface area contributed by atoms with Crippen LogP contribution in [-0.2, 0) is 16.8 Å². The summed E-state index contributed by atoms with van der Waals surface area (Å²) in [5, 5.41) is 0. The van der Waals surface area contributed by atoms with Crippen molar-refractivity contribution < 1.29 is 9.21 Å². The van der Waals surface area contributed by atoms with Gasteiger partial charge in [0.1, 0.15) is 5.76 Å². The predicted molar refractivity (Wildman–Crippen MR) is 81.5 cm³/mol. The summed E-state index contributed by atoms with van der Waals surface area (Å²) < 4.78 is 6.16. The number of carbonyl (C=O) groups excluding carboxylic acids is 1. The molecule has 20 heavy (non-hydrogen) atoms. The molecule has 1 aliphatic rings. The fraction of sp³-hybridized carbons (Fsp3) is 0.267. The van der Waals surface area contributed by atoms with Crippen LogP contribution in [0.2, 0.25) is 0 Å². The molecule has 2 aromatic rings. The van der Waals surface area contributed by atoms with Crippen molar-refractivity contribution in [2.45, 2.75) is 25.8 Å². The van der Waals surface area contributed by atoms with Crippen molar-refractivity contribution in [1.82, 2.24) is 0 Å². The normalized spacial score (nSPS) is 16.6. The van der Waals surface area contributed by atoms with Crippen molar-refractivity contribution in [3.8, 4) is 0 Å². The molecule has 4 nitrogen and oxygen atoms in total. The summed E-state index contributed by atoms with van der Waals surface area (Å²) in [4.78, 5) is 14.4. The molecule has 1 aromatic heterocycles. The topological polar surface area (TPSA) is 59.5 Å². The Kier molecular flexibility index (Phi) is 2.90. The van der Waals surface area contributed by atoms with Crippen LogP contribution < -0.4 is 10.6 Å². The Balaban J connectivity index is 2.10. The first-order valence-corrected chi connectivity index (χ1v) is 7.14. The molecule has 0 radical (unpaired) electrons. The number of halogens is 1. The number of amides is 1. The summed E-state index contributed by atoms with van der Waals surface area (Å²) in [6, 6.07) is 7.46. The number of nitrogens with zero attached hydrogens (tertiary/aromatic N) is 1. The van der Waals surface area contributed by atoms with Crippen molar-refractivity contribution in [3.05, 3.63) is 46.3 Å². The first-order chi connectivity index (χ1) is 9.41. The lowest BCUT2D eigenvalue weighted by atomic mass is 9.86. The molecule has 1 aromatic carbocycles. The van der Waals surface area contributed by atoms with Gasteiger partial charge in [-0.1, -0.05) is 0 Å². The van der Waals surface area contributed by atoms with Gasteiger partial charge in [0, 0.05) is 10.2 Å². The van der Waals surface area contributed by atoms with E-state index in [9.17, 15) is 4.79 Å². The van der Waals surface area contributed by atoms with Crippen LogP contribution in [0.1, 0.15) is 25.2 Å². The summed E-state index contributed by atoms with van der Waals surface area (Å²) in [7, 11) is 0. The molecule has 0 spiro atoms. The van der Waals surface area contributed by atoms with Gasteiger partial charge in [-0.3, -0.25) is 4.79 Å². The van der Waals surface area contributed by atoms with Gasteiger partial charge in [-0.15, -0.1) is 0 Å². The molecule has 0 saturated heterocycles. The van der Waals surface area contributed by atoms with E-state index in [1.54, 1.807) is 11.2 Å². The maximum absolute atomic E-state index is 12.7. The third-order valence-electron chi connectivity index (χ3n) is 3.75. The SMILES string of the molecule is CC1(C)C(=O)N(Cc2ccco2)c2cc(N)c(Br)cc21. The van der Waals surface area contributed by atoms with Crippen molar-refractivity contribution in [1.29, 1.82) is 0 Å². The second-order valence-corrected chi connectivity index (χ2v) is 6.34. The third-order valence-corrected chi connectivity index (χ3v) is 4.44. The van der Waals surface area contributed by atoms with Crippen molar-refractivity contribution >= 4 is 33.2 Å². The Morgan fingerprint density at radius 2 is 2.15 bits per heavy atom. The van der Waals surface area contributed by atoms with Crippen LogP contribution >= 0.6 is 15.9 Å². The molecule has 0 saturated carbocycles. The Labute approximate surface area is 125 Å². The zero-order valence-corrected chi connectivity index (χ0v) is 12.9. The van der Waals surface area contributed by atoms with E-state index in [0.717, 1.165) is 21.5 Å². The number of anilines is 2. The highest BCUT2D eigenvalue weighted by molar-refractivity contribution is 9.10. The van der Waals surface area contributed by atoms with E-state index in [1.807, 2.05) is 38.1 Å². The minimum Gasteiger partial charge on any atom is -0.467 e. The molecule has 0 bridgehead atoms. The van der Waals surface area contributed by atoms with Crippen LogP contribution in [-0.4, -0.2) is 5.91 Å². The highest BCUT2D eigenvalue weighted by Gasteiger charge is 2.44.